The van der Waals surface area contributed by atoms with E-state index in [1.807, 2.05) is 30.1 Å². The topological polar surface area (TPSA) is 59.7 Å². The zero-order valence-corrected chi connectivity index (χ0v) is 17.4. The van der Waals surface area contributed by atoms with Crippen molar-refractivity contribution in [2.75, 3.05) is 25.4 Å². The predicted molar refractivity (Wildman–Crippen MR) is 110 cm³/mol. The van der Waals surface area contributed by atoms with Crippen LogP contribution < -0.4 is 0 Å². The molecule has 30 heavy (non-hydrogen) atoms. The number of rotatable bonds is 7. The third kappa shape index (κ3) is 3.50. The first-order chi connectivity index (χ1) is 14.6. The van der Waals surface area contributed by atoms with Gasteiger partial charge in [-0.2, -0.15) is 0 Å². The van der Waals surface area contributed by atoms with Crippen molar-refractivity contribution >= 4 is 11.8 Å². The van der Waals surface area contributed by atoms with Gasteiger partial charge in [-0.3, -0.25) is 0 Å². The second-order valence-corrected chi connectivity index (χ2v) is 9.12. The van der Waals surface area contributed by atoms with E-state index in [4.69, 9.17) is 0 Å². The van der Waals surface area contributed by atoms with Crippen LogP contribution in [0.15, 0.2) is 41.8 Å². The largest absolute Gasteiger partial charge is 0.305 e. The van der Waals surface area contributed by atoms with Crippen molar-refractivity contribution in [3.8, 4) is 11.4 Å². The van der Waals surface area contributed by atoms with E-state index in [9.17, 15) is 8.78 Å². The highest BCUT2D eigenvalue weighted by atomic mass is 32.2. The molecule has 156 valence electrons. The van der Waals surface area contributed by atoms with Gasteiger partial charge in [0.15, 0.2) is 22.6 Å². The van der Waals surface area contributed by atoms with E-state index in [1.54, 1.807) is 11.8 Å². The lowest BCUT2D eigenvalue weighted by Crippen LogP contribution is -2.28. The van der Waals surface area contributed by atoms with Crippen LogP contribution in [-0.4, -0.2) is 55.0 Å². The van der Waals surface area contributed by atoms with Crippen molar-refractivity contribution < 1.29 is 8.78 Å². The molecule has 0 bridgehead atoms. The quantitative estimate of drug-likeness (QED) is 0.425. The monoisotopic (exact) mass is 428 g/mol. The summed E-state index contributed by atoms with van der Waals surface area (Å²) in [6.07, 6.45) is 5.91. The van der Waals surface area contributed by atoms with Crippen molar-refractivity contribution in [1.82, 2.24) is 29.6 Å². The van der Waals surface area contributed by atoms with Gasteiger partial charge in [-0.25, -0.2) is 18.7 Å². The molecule has 2 atom stereocenters. The Labute approximate surface area is 177 Å². The smallest absolute Gasteiger partial charge is 0.191 e. The fourth-order valence-electron chi connectivity index (χ4n) is 4.44. The average Bonchev–Trinajstić information content (AvgIpc) is 3.14. The van der Waals surface area contributed by atoms with Crippen LogP contribution >= 0.6 is 11.8 Å². The second-order valence-electron chi connectivity index (χ2n) is 8.06. The summed E-state index contributed by atoms with van der Waals surface area (Å²) < 4.78 is 28.5. The summed E-state index contributed by atoms with van der Waals surface area (Å²) in [7, 11) is 1.84. The maximum atomic E-state index is 13.5. The Hall–Kier alpha value is -2.39. The third-order valence-electron chi connectivity index (χ3n) is 6.09. The molecule has 2 aromatic heterocycles. The Morgan fingerprint density at radius 2 is 2.00 bits per heavy atom. The Morgan fingerprint density at radius 3 is 2.80 bits per heavy atom. The van der Waals surface area contributed by atoms with Gasteiger partial charge in [0.2, 0.25) is 0 Å². The third-order valence-corrected chi connectivity index (χ3v) is 7.20. The lowest BCUT2D eigenvalue weighted by molar-refractivity contribution is 0.297. The molecule has 1 aliphatic carbocycles. The van der Waals surface area contributed by atoms with Crippen LogP contribution in [0.2, 0.25) is 0 Å². The summed E-state index contributed by atoms with van der Waals surface area (Å²) in [4.78, 5) is 11.5. The lowest BCUT2D eigenvalue weighted by Gasteiger charge is -2.19. The SMILES string of the molecule is Cn1c(SCCCN2C[C@@H]3CC3(c3ncccn3)C2)nnc1-c1ccc(F)c(F)c1. The second kappa shape index (κ2) is 7.70. The molecule has 1 saturated heterocycles. The van der Waals surface area contributed by atoms with E-state index in [0.717, 1.165) is 54.9 Å². The van der Waals surface area contributed by atoms with E-state index in [-0.39, 0.29) is 5.41 Å². The molecule has 0 radical (unpaired) electrons. The normalized spacial score (nSPS) is 23.0. The van der Waals surface area contributed by atoms with E-state index < -0.39 is 11.6 Å². The molecule has 1 aromatic carbocycles. The highest BCUT2D eigenvalue weighted by Gasteiger charge is 2.62. The maximum Gasteiger partial charge on any atom is 0.191 e. The van der Waals surface area contributed by atoms with Crippen LogP contribution in [0.1, 0.15) is 18.7 Å². The van der Waals surface area contributed by atoms with Gasteiger partial charge in [0.1, 0.15) is 5.82 Å². The minimum Gasteiger partial charge on any atom is -0.305 e. The van der Waals surface area contributed by atoms with E-state index in [1.165, 1.54) is 12.5 Å². The van der Waals surface area contributed by atoms with Crippen LogP contribution in [0.4, 0.5) is 8.78 Å². The summed E-state index contributed by atoms with van der Waals surface area (Å²) in [5.41, 5.74) is 0.692. The lowest BCUT2D eigenvalue weighted by atomic mass is 10.1. The van der Waals surface area contributed by atoms with Gasteiger partial charge in [0, 0.05) is 49.3 Å². The highest BCUT2D eigenvalue weighted by Crippen LogP contribution is 2.57. The summed E-state index contributed by atoms with van der Waals surface area (Å²) in [5.74, 6) is 1.38. The van der Waals surface area contributed by atoms with Gasteiger partial charge in [-0.1, -0.05) is 11.8 Å². The fourth-order valence-corrected chi connectivity index (χ4v) is 5.27. The van der Waals surface area contributed by atoms with Crippen molar-refractivity contribution in [3.63, 3.8) is 0 Å². The molecule has 2 aliphatic rings. The van der Waals surface area contributed by atoms with Gasteiger partial charge in [0.25, 0.3) is 0 Å². The molecule has 3 aromatic rings. The standard InChI is InChI=1S/C21H22F2N6S/c1-28-18(14-4-5-16(22)17(23)10-14)26-27-20(28)30-9-3-8-29-12-15-11-21(15,13-29)19-24-6-2-7-25-19/h2,4-7,10,15H,3,8-9,11-13H2,1H3/t15-,21?/m0/s1. The molecule has 3 heterocycles. The number of fused-ring (bicyclic) bond motifs is 1. The van der Waals surface area contributed by atoms with Gasteiger partial charge in [0.05, 0.1) is 0 Å². The number of nitrogens with zero attached hydrogens (tertiary/aromatic N) is 6. The molecule has 2 fully saturated rings. The molecular formula is C21H22F2N6S. The number of aromatic nitrogens is 5. The first-order valence-electron chi connectivity index (χ1n) is 10.0. The number of benzene rings is 1. The molecule has 1 aliphatic heterocycles. The maximum absolute atomic E-state index is 13.5. The molecule has 0 amide bonds. The summed E-state index contributed by atoms with van der Waals surface area (Å²) in [5, 5.41) is 9.13. The minimum absolute atomic E-state index is 0.178. The molecular weight excluding hydrogens is 406 g/mol. The fraction of sp³-hybridized carbons (Fsp3) is 0.429. The van der Waals surface area contributed by atoms with Crippen molar-refractivity contribution in [1.29, 1.82) is 0 Å². The van der Waals surface area contributed by atoms with Crippen molar-refractivity contribution in [2.24, 2.45) is 13.0 Å². The van der Waals surface area contributed by atoms with Crippen LogP contribution in [0.5, 0.6) is 0 Å². The minimum atomic E-state index is -0.882. The molecule has 9 heteroatoms. The summed E-state index contributed by atoms with van der Waals surface area (Å²) >= 11 is 1.63. The van der Waals surface area contributed by atoms with Gasteiger partial charge in [-0.05, 0) is 49.6 Å². The van der Waals surface area contributed by atoms with Gasteiger partial charge < -0.3 is 9.47 Å². The van der Waals surface area contributed by atoms with Crippen LogP contribution in [0.3, 0.4) is 0 Å². The zero-order valence-electron chi connectivity index (χ0n) is 16.6. The zero-order chi connectivity index (χ0) is 20.7. The number of hydrogen-bond donors (Lipinski definition) is 0. The average molecular weight is 429 g/mol. The molecule has 6 nitrogen and oxygen atoms in total. The first kappa shape index (κ1) is 19.6. The molecule has 5 rings (SSSR count). The Morgan fingerprint density at radius 1 is 1.17 bits per heavy atom. The predicted octanol–water partition coefficient (Wildman–Crippen LogP) is 3.31. The Kier molecular flexibility index (Phi) is 5.02. The number of halogens is 2. The molecule has 1 unspecified atom stereocenters. The number of hydrogen-bond acceptors (Lipinski definition) is 6. The number of likely N-dealkylation sites (tertiary alicyclic amines) is 1. The van der Waals surface area contributed by atoms with E-state index in [0.29, 0.717) is 17.3 Å². The Bertz CT molecular complexity index is 1060. The molecule has 1 saturated carbocycles. The number of thioether (sulfide) groups is 1. The Balaban J connectivity index is 1.13. The summed E-state index contributed by atoms with van der Waals surface area (Å²) in [6, 6.07) is 5.65. The first-order valence-corrected chi connectivity index (χ1v) is 11.0. The molecule has 0 N–H and O–H groups in total. The van der Waals surface area contributed by atoms with Crippen molar-refractivity contribution in [3.05, 3.63) is 54.1 Å². The summed E-state index contributed by atoms with van der Waals surface area (Å²) in [6.45, 7) is 3.19. The van der Waals surface area contributed by atoms with E-state index in [2.05, 4.69) is 25.1 Å². The molecule has 0 spiro atoms. The van der Waals surface area contributed by atoms with E-state index >= 15 is 0 Å². The van der Waals surface area contributed by atoms with Crippen molar-refractivity contribution in [2.45, 2.75) is 23.4 Å². The van der Waals surface area contributed by atoms with Gasteiger partial charge >= 0.3 is 0 Å². The van der Waals surface area contributed by atoms with Gasteiger partial charge in [-0.15, -0.1) is 10.2 Å². The van der Waals surface area contributed by atoms with Crippen LogP contribution in [0, 0.1) is 17.6 Å². The van der Waals surface area contributed by atoms with Crippen LogP contribution in [0.25, 0.3) is 11.4 Å². The highest BCUT2D eigenvalue weighted by molar-refractivity contribution is 7.99. The van der Waals surface area contributed by atoms with Crippen LogP contribution in [-0.2, 0) is 12.5 Å². The number of piperidine rings is 1.